The van der Waals surface area contributed by atoms with E-state index in [2.05, 4.69) is 0 Å². The van der Waals surface area contributed by atoms with Crippen LogP contribution in [0.5, 0.6) is 11.5 Å². The number of hydrogen-bond donors (Lipinski definition) is 1. The molecule has 1 atom stereocenters. The largest absolute Gasteiger partial charge is 0.493 e. The molecule has 0 radical (unpaired) electrons. The van der Waals surface area contributed by atoms with Crippen molar-refractivity contribution in [3.8, 4) is 11.5 Å². The molecule has 0 aromatic heterocycles. The van der Waals surface area contributed by atoms with E-state index in [1.54, 1.807) is 12.1 Å². The molecule has 0 aliphatic rings. The van der Waals surface area contributed by atoms with Crippen LogP contribution in [0.1, 0.15) is 11.6 Å². The van der Waals surface area contributed by atoms with E-state index in [4.69, 9.17) is 15.2 Å². The molecule has 84 valence electrons. The summed E-state index contributed by atoms with van der Waals surface area (Å²) in [4.78, 5) is 0. The molecule has 2 N–H and O–H groups in total. The molecule has 0 bridgehead atoms. The summed E-state index contributed by atoms with van der Waals surface area (Å²) >= 11 is 0. The predicted octanol–water partition coefficient (Wildman–Crippen LogP) is 1.97. The number of alkyl halides is 2. The standard InChI is InChI=1S/C10H13F2NO2/c1-14-7-5-3-4-6(9(7)15-2)8(13)10(11)12/h3-5,8,10H,13H2,1-2H3/t8-/m1/s1. The minimum Gasteiger partial charge on any atom is -0.493 e. The average molecular weight is 217 g/mol. The molecule has 0 heterocycles. The molecule has 1 aromatic rings. The van der Waals surface area contributed by atoms with E-state index in [1.165, 1.54) is 20.3 Å². The number of ether oxygens (including phenoxy) is 2. The molecular formula is C10H13F2NO2. The Hall–Kier alpha value is -1.36. The van der Waals surface area contributed by atoms with E-state index >= 15 is 0 Å². The van der Waals surface area contributed by atoms with Gasteiger partial charge in [0.15, 0.2) is 11.5 Å². The van der Waals surface area contributed by atoms with Gasteiger partial charge in [0.05, 0.1) is 20.3 Å². The SMILES string of the molecule is COc1cccc([C@@H](N)C(F)F)c1OC. The van der Waals surface area contributed by atoms with Gasteiger partial charge in [-0.3, -0.25) is 0 Å². The zero-order chi connectivity index (χ0) is 11.4. The van der Waals surface area contributed by atoms with Crippen molar-refractivity contribution in [2.45, 2.75) is 12.5 Å². The summed E-state index contributed by atoms with van der Waals surface area (Å²) in [5, 5.41) is 0. The first kappa shape index (κ1) is 11.7. The maximum absolute atomic E-state index is 12.4. The molecule has 1 rings (SSSR count). The molecule has 0 amide bonds. The maximum Gasteiger partial charge on any atom is 0.257 e. The van der Waals surface area contributed by atoms with Crippen molar-refractivity contribution in [1.82, 2.24) is 0 Å². The highest BCUT2D eigenvalue weighted by atomic mass is 19.3. The first-order valence-electron chi connectivity index (χ1n) is 4.36. The predicted molar refractivity (Wildman–Crippen MR) is 52.5 cm³/mol. The van der Waals surface area contributed by atoms with Crippen LogP contribution in [0.2, 0.25) is 0 Å². The third-order valence-corrected chi connectivity index (χ3v) is 2.06. The fraction of sp³-hybridized carbons (Fsp3) is 0.400. The summed E-state index contributed by atoms with van der Waals surface area (Å²) in [5.74, 6) is 0.652. The fourth-order valence-electron chi connectivity index (χ4n) is 1.31. The zero-order valence-electron chi connectivity index (χ0n) is 8.54. The van der Waals surface area contributed by atoms with Crippen LogP contribution in [0, 0.1) is 0 Å². The van der Waals surface area contributed by atoms with E-state index in [-0.39, 0.29) is 11.3 Å². The van der Waals surface area contributed by atoms with Gasteiger partial charge in [-0.2, -0.15) is 0 Å². The van der Waals surface area contributed by atoms with Crippen LogP contribution in [-0.4, -0.2) is 20.6 Å². The van der Waals surface area contributed by atoms with Crippen LogP contribution in [0.4, 0.5) is 8.78 Å². The highest BCUT2D eigenvalue weighted by Crippen LogP contribution is 2.35. The number of nitrogens with two attached hydrogens (primary N) is 1. The van der Waals surface area contributed by atoms with Crippen molar-refractivity contribution in [2.24, 2.45) is 5.73 Å². The van der Waals surface area contributed by atoms with E-state index in [9.17, 15) is 8.78 Å². The minimum atomic E-state index is -2.63. The van der Waals surface area contributed by atoms with Crippen LogP contribution < -0.4 is 15.2 Å². The minimum absolute atomic E-state index is 0.242. The molecule has 0 fully saturated rings. The summed E-state index contributed by atoms with van der Waals surface area (Å²) in [7, 11) is 2.83. The number of hydrogen-bond acceptors (Lipinski definition) is 3. The highest BCUT2D eigenvalue weighted by Gasteiger charge is 2.23. The van der Waals surface area contributed by atoms with Gasteiger partial charge in [0.25, 0.3) is 6.43 Å². The average Bonchev–Trinajstić information content (AvgIpc) is 2.26. The second-order valence-electron chi connectivity index (χ2n) is 2.94. The van der Waals surface area contributed by atoms with Crippen LogP contribution in [0.25, 0.3) is 0 Å². The maximum atomic E-state index is 12.4. The monoisotopic (exact) mass is 217 g/mol. The van der Waals surface area contributed by atoms with Crippen molar-refractivity contribution < 1.29 is 18.3 Å². The van der Waals surface area contributed by atoms with E-state index in [0.29, 0.717) is 5.75 Å². The van der Waals surface area contributed by atoms with Crippen molar-refractivity contribution in [3.63, 3.8) is 0 Å². The molecule has 0 saturated carbocycles. The number of benzene rings is 1. The number of para-hydroxylation sites is 1. The van der Waals surface area contributed by atoms with Crippen molar-refractivity contribution in [1.29, 1.82) is 0 Å². The molecule has 15 heavy (non-hydrogen) atoms. The first-order valence-corrected chi connectivity index (χ1v) is 4.36. The summed E-state index contributed by atoms with van der Waals surface area (Å²) in [5.41, 5.74) is 5.59. The fourth-order valence-corrected chi connectivity index (χ4v) is 1.31. The topological polar surface area (TPSA) is 44.5 Å². The molecule has 0 unspecified atom stereocenters. The zero-order valence-corrected chi connectivity index (χ0v) is 8.54. The van der Waals surface area contributed by atoms with Gasteiger partial charge in [0.2, 0.25) is 0 Å². The van der Waals surface area contributed by atoms with Crippen LogP contribution in [-0.2, 0) is 0 Å². The number of methoxy groups -OCH3 is 2. The Balaban J connectivity index is 3.16. The number of rotatable bonds is 4. The third kappa shape index (κ3) is 2.36. The van der Waals surface area contributed by atoms with Crippen molar-refractivity contribution >= 4 is 0 Å². The molecule has 0 aliphatic heterocycles. The Morgan fingerprint density at radius 2 is 1.87 bits per heavy atom. The lowest BCUT2D eigenvalue weighted by atomic mass is 10.1. The van der Waals surface area contributed by atoms with Crippen LogP contribution in [0.15, 0.2) is 18.2 Å². The Morgan fingerprint density at radius 1 is 1.20 bits per heavy atom. The quantitative estimate of drug-likeness (QED) is 0.838. The summed E-state index contributed by atoms with van der Waals surface area (Å²) in [6.45, 7) is 0. The molecule has 0 spiro atoms. The third-order valence-electron chi connectivity index (χ3n) is 2.06. The van der Waals surface area contributed by atoms with E-state index < -0.39 is 12.5 Å². The van der Waals surface area contributed by atoms with Gasteiger partial charge >= 0.3 is 0 Å². The van der Waals surface area contributed by atoms with E-state index in [1.807, 2.05) is 0 Å². The highest BCUT2D eigenvalue weighted by molar-refractivity contribution is 5.48. The molecular weight excluding hydrogens is 204 g/mol. The summed E-state index contributed by atoms with van der Waals surface area (Å²) in [6.07, 6.45) is -2.63. The lowest BCUT2D eigenvalue weighted by molar-refractivity contribution is 0.115. The first-order chi connectivity index (χ1) is 7.11. The van der Waals surface area contributed by atoms with E-state index in [0.717, 1.165) is 0 Å². The van der Waals surface area contributed by atoms with Crippen molar-refractivity contribution in [3.05, 3.63) is 23.8 Å². The Morgan fingerprint density at radius 3 is 2.33 bits per heavy atom. The van der Waals surface area contributed by atoms with Crippen LogP contribution >= 0.6 is 0 Å². The molecule has 3 nitrogen and oxygen atoms in total. The van der Waals surface area contributed by atoms with Crippen molar-refractivity contribution in [2.75, 3.05) is 14.2 Å². The molecule has 5 heteroatoms. The van der Waals surface area contributed by atoms with Gasteiger partial charge in [0, 0.05) is 5.56 Å². The lowest BCUT2D eigenvalue weighted by Gasteiger charge is -2.16. The Labute approximate surface area is 86.8 Å². The van der Waals surface area contributed by atoms with Gasteiger partial charge in [-0.25, -0.2) is 8.78 Å². The van der Waals surface area contributed by atoms with Gasteiger partial charge < -0.3 is 15.2 Å². The van der Waals surface area contributed by atoms with Gasteiger partial charge in [0.1, 0.15) is 0 Å². The summed E-state index contributed by atoms with van der Waals surface area (Å²) in [6, 6.07) is 3.35. The van der Waals surface area contributed by atoms with Crippen LogP contribution in [0.3, 0.4) is 0 Å². The Kier molecular flexibility index (Phi) is 3.85. The lowest BCUT2D eigenvalue weighted by Crippen LogP contribution is -2.19. The number of halogens is 2. The van der Waals surface area contributed by atoms with Gasteiger partial charge in [-0.05, 0) is 6.07 Å². The smallest absolute Gasteiger partial charge is 0.257 e. The second kappa shape index (κ2) is 4.93. The van der Waals surface area contributed by atoms with Gasteiger partial charge in [-0.15, -0.1) is 0 Å². The van der Waals surface area contributed by atoms with Gasteiger partial charge in [-0.1, -0.05) is 12.1 Å². The Bertz CT molecular complexity index is 331. The summed E-state index contributed by atoms with van der Waals surface area (Å²) < 4.78 is 34.9. The molecule has 0 saturated heterocycles. The second-order valence-corrected chi connectivity index (χ2v) is 2.94. The normalized spacial score (nSPS) is 12.7. The molecule has 0 aliphatic carbocycles. The molecule has 1 aromatic carbocycles.